The van der Waals surface area contributed by atoms with Crippen LogP contribution in [0, 0.1) is 11.3 Å². The Balaban J connectivity index is 2.36. The highest BCUT2D eigenvalue weighted by Gasteiger charge is 2.32. The average Bonchev–Trinajstić information content (AvgIpc) is 2.24. The van der Waals surface area contributed by atoms with Crippen LogP contribution >= 0.6 is 0 Å². The van der Waals surface area contributed by atoms with E-state index >= 15 is 0 Å². The Morgan fingerprint density at radius 1 is 1.28 bits per heavy atom. The van der Waals surface area contributed by atoms with Crippen LogP contribution in [-0.4, -0.2) is 25.3 Å². The summed E-state index contributed by atoms with van der Waals surface area (Å²) in [6.45, 7) is 13.5. The molecule has 1 N–H and O–H groups in total. The minimum absolute atomic E-state index is 0.459. The first-order chi connectivity index (χ1) is 8.46. The van der Waals surface area contributed by atoms with Crippen molar-refractivity contribution in [2.24, 2.45) is 11.3 Å². The lowest BCUT2D eigenvalue weighted by molar-refractivity contribution is -0.0312. The lowest BCUT2D eigenvalue weighted by atomic mass is 9.71. The summed E-state index contributed by atoms with van der Waals surface area (Å²) in [5, 5.41) is 3.53. The molecule has 0 aromatic carbocycles. The van der Waals surface area contributed by atoms with E-state index < -0.39 is 0 Å². The SMILES string of the molecule is CCCC(COC1CC(C)CC(C)(C)C1)NCC. The third-order valence-corrected chi connectivity index (χ3v) is 4.01. The molecule has 0 heterocycles. The summed E-state index contributed by atoms with van der Waals surface area (Å²) in [6, 6.07) is 0.542. The van der Waals surface area contributed by atoms with Crippen LogP contribution in [0.15, 0.2) is 0 Å². The Hall–Kier alpha value is -0.0800. The summed E-state index contributed by atoms with van der Waals surface area (Å²) >= 11 is 0. The van der Waals surface area contributed by atoms with Crippen LogP contribution in [0.4, 0.5) is 0 Å². The number of nitrogens with one attached hydrogen (secondary N) is 1. The Kier molecular flexibility index (Phi) is 6.65. The van der Waals surface area contributed by atoms with Crippen LogP contribution in [0.3, 0.4) is 0 Å². The van der Waals surface area contributed by atoms with Crippen LogP contribution in [0.5, 0.6) is 0 Å². The van der Waals surface area contributed by atoms with Crippen molar-refractivity contribution >= 4 is 0 Å². The molecule has 1 aliphatic rings. The molecule has 0 saturated heterocycles. The predicted molar refractivity (Wildman–Crippen MR) is 78.9 cm³/mol. The minimum Gasteiger partial charge on any atom is -0.377 e. The monoisotopic (exact) mass is 255 g/mol. The van der Waals surface area contributed by atoms with E-state index in [-0.39, 0.29) is 0 Å². The van der Waals surface area contributed by atoms with Gasteiger partial charge in [-0.3, -0.25) is 0 Å². The van der Waals surface area contributed by atoms with E-state index in [1.165, 1.54) is 32.1 Å². The maximum atomic E-state index is 6.19. The van der Waals surface area contributed by atoms with E-state index in [1.54, 1.807) is 0 Å². The Labute approximate surface area is 114 Å². The molecule has 0 aliphatic heterocycles. The van der Waals surface area contributed by atoms with E-state index in [2.05, 4.69) is 39.9 Å². The predicted octanol–water partition coefficient (Wildman–Crippen LogP) is 4.00. The summed E-state index contributed by atoms with van der Waals surface area (Å²) < 4.78 is 6.19. The third-order valence-electron chi connectivity index (χ3n) is 4.01. The second-order valence-electron chi connectivity index (χ2n) is 6.91. The van der Waals surface area contributed by atoms with Gasteiger partial charge in [-0.05, 0) is 43.6 Å². The molecule has 3 unspecified atom stereocenters. The summed E-state index contributed by atoms with van der Waals surface area (Å²) in [6.07, 6.45) is 6.74. The second-order valence-corrected chi connectivity index (χ2v) is 6.91. The number of hydrogen-bond acceptors (Lipinski definition) is 2. The van der Waals surface area contributed by atoms with Gasteiger partial charge in [0.2, 0.25) is 0 Å². The molecule has 18 heavy (non-hydrogen) atoms. The molecule has 1 saturated carbocycles. The van der Waals surface area contributed by atoms with Crippen molar-refractivity contribution in [2.45, 2.75) is 78.9 Å². The smallest absolute Gasteiger partial charge is 0.0623 e. The molecule has 1 rings (SSSR count). The van der Waals surface area contributed by atoms with Gasteiger partial charge in [0.15, 0.2) is 0 Å². The molecule has 0 aromatic rings. The van der Waals surface area contributed by atoms with Crippen molar-refractivity contribution < 1.29 is 4.74 Å². The molecule has 0 spiro atoms. The Morgan fingerprint density at radius 3 is 2.56 bits per heavy atom. The summed E-state index contributed by atoms with van der Waals surface area (Å²) in [5.41, 5.74) is 0.459. The van der Waals surface area contributed by atoms with E-state index in [0.717, 1.165) is 19.1 Å². The Bertz CT molecular complexity index is 221. The number of rotatable bonds is 7. The first-order valence-corrected chi connectivity index (χ1v) is 7.81. The molecule has 2 nitrogen and oxygen atoms in total. The van der Waals surface area contributed by atoms with Gasteiger partial charge in [0.1, 0.15) is 0 Å². The highest BCUT2D eigenvalue weighted by atomic mass is 16.5. The van der Waals surface area contributed by atoms with Crippen LogP contribution in [0.2, 0.25) is 0 Å². The molecular formula is C16H33NO. The lowest BCUT2D eigenvalue weighted by Gasteiger charge is -2.39. The first-order valence-electron chi connectivity index (χ1n) is 7.81. The van der Waals surface area contributed by atoms with Crippen molar-refractivity contribution in [3.05, 3.63) is 0 Å². The summed E-state index contributed by atoms with van der Waals surface area (Å²) in [4.78, 5) is 0. The van der Waals surface area contributed by atoms with Crippen molar-refractivity contribution in [1.29, 1.82) is 0 Å². The van der Waals surface area contributed by atoms with Crippen molar-refractivity contribution in [3.63, 3.8) is 0 Å². The van der Waals surface area contributed by atoms with E-state index in [9.17, 15) is 0 Å². The highest BCUT2D eigenvalue weighted by Crippen LogP contribution is 2.39. The van der Waals surface area contributed by atoms with Gasteiger partial charge in [0, 0.05) is 6.04 Å². The van der Waals surface area contributed by atoms with Crippen molar-refractivity contribution in [1.82, 2.24) is 5.32 Å². The van der Waals surface area contributed by atoms with Gasteiger partial charge in [0.25, 0.3) is 0 Å². The maximum Gasteiger partial charge on any atom is 0.0623 e. The molecule has 0 aromatic heterocycles. The fraction of sp³-hybridized carbons (Fsp3) is 1.00. The summed E-state index contributed by atoms with van der Waals surface area (Å²) in [5.74, 6) is 0.808. The van der Waals surface area contributed by atoms with Gasteiger partial charge >= 0.3 is 0 Å². The van der Waals surface area contributed by atoms with Crippen molar-refractivity contribution in [2.75, 3.05) is 13.2 Å². The molecule has 0 bridgehead atoms. The highest BCUT2D eigenvalue weighted by molar-refractivity contribution is 4.83. The number of likely N-dealkylation sites (N-methyl/N-ethyl adjacent to an activating group) is 1. The zero-order chi connectivity index (χ0) is 13.6. The zero-order valence-corrected chi connectivity index (χ0v) is 13.1. The molecular weight excluding hydrogens is 222 g/mol. The van der Waals surface area contributed by atoms with E-state index in [0.29, 0.717) is 17.6 Å². The fourth-order valence-electron chi connectivity index (χ4n) is 3.52. The largest absolute Gasteiger partial charge is 0.377 e. The van der Waals surface area contributed by atoms with Gasteiger partial charge in [-0.2, -0.15) is 0 Å². The van der Waals surface area contributed by atoms with Crippen LogP contribution in [0.25, 0.3) is 0 Å². The van der Waals surface area contributed by atoms with E-state index in [1.807, 2.05) is 0 Å². The van der Waals surface area contributed by atoms with Gasteiger partial charge in [-0.1, -0.05) is 41.0 Å². The second kappa shape index (κ2) is 7.49. The average molecular weight is 255 g/mol. The van der Waals surface area contributed by atoms with E-state index in [4.69, 9.17) is 4.74 Å². The van der Waals surface area contributed by atoms with Gasteiger partial charge in [-0.25, -0.2) is 0 Å². The minimum atomic E-state index is 0.459. The molecule has 2 heteroatoms. The van der Waals surface area contributed by atoms with Crippen molar-refractivity contribution in [3.8, 4) is 0 Å². The van der Waals surface area contributed by atoms with Gasteiger partial charge in [0.05, 0.1) is 12.7 Å². The number of hydrogen-bond donors (Lipinski definition) is 1. The molecule has 0 amide bonds. The lowest BCUT2D eigenvalue weighted by Crippen LogP contribution is -2.38. The van der Waals surface area contributed by atoms with Crippen LogP contribution < -0.4 is 5.32 Å². The zero-order valence-electron chi connectivity index (χ0n) is 13.1. The maximum absolute atomic E-state index is 6.19. The topological polar surface area (TPSA) is 21.3 Å². The normalized spacial score (nSPS) is 29.2. The van der Waals surface area contributed by atoms with Crippen LogP contribution in [-0.2, 0) is 4.74 Å². The first kappa shape index (κ1) is 16.0. The van der Waals surface area contributed by atoms with Gasteiger partial charge < -0.3 is 10.1 Å². The number of ether oxygens (including phenoxy) is 1. The molecule has 108 valence electrons. The Morgan fingerprint density at radius 2 is 2.00 bits per heavy atom. The molecule has 1 aliphatic carbocycles. The summed E-state index contributed by atoms with van der Waals surface area (Å²) in [7, 11) is 0. The molecule has 1 fully saturated rings. The van der Waals surface area contributed by atoms with Gasteiger partial charge in [-0.15, -0.1) is 0 Å². The third kappa shape index (κ3) is 5.71. The standard InChI is InChI=1S/C16H33NO/c1-6-8-14(17-7-2)12-18-15-9-13(3)10-16(4,5)11-15/h13-15,17H,6-12H2,1-5H3. The molecule has 3 atom stereocenters. The molecule has 0 radical (unpaired) electrons. The fourth-order valence-corrected chi connectivity index (χ4v) is 3.52. The quantitative estimate of drug-likeness (QED) is 0.742. The van der Waals surface area contributed by atoms with Crippen LogP contribution in [0.1, 0.15) is 66.7 Å².